The van der Waals surface area contributed by atoms with Gasteiger partial charge in [-0.25, -0.2) is 0 Å². The van der Waals surface area contributed by atoms with E-state index in [1.165, 1.54) is 37.7 Å². The van der Waals surface area contributed by atoms with Gasteiger partial charge in [-0.3, -0.25) is 16.3 Å². The van der Waals surface area contributed by atoms with Gasteiger partial charge in [0.1, 0.15) is 0 Å². The maximum Gasteiger partial charge on any atom is 0.0663 e. The number of aryl methyl sites for hydroxylation is 1. The van der Waals surface area contributed by atoms with Crippen LogP contribution < -0.4 is 11.3 Å². The molecule has 3 heteroatoms. The number of nitrogens with two attached hydrogens (primary N) is 1. The van der Waals surface area contributed by atoms with Crippen LogP contribution in [0.1, 0.15) is 56.3 Å². The van der Waals surface area contributed by atoms with Crippen LogP contribution in [0, 0.1) is 18.8 Å². The molecule has 1 aliphatic rings. The average molecular weight is 247 g/mol. The van der Waals surface area contributed by atoms with Gasteiger partial charge >= 0.3 is 0 Å². The molecule has 1 aromatic rings. The zero-order valence-electron chi connectivity index (χ0n) is 11.5. The summed E-state index contributed by atoms with van der Waals surface area (Å²) in [5, 5.41) is 0. The molecule has 0 saturated heterocycles. The van der Waals surface area contributed by atoms with E-state index in [2.05, 4.69) is 30.3 Å². The molecule has 1 heterocycles. The Morgan fingerprint density at radius 1 is 1.44 bits per heavy atom. The molecule has 0 spiro atoms. The van der Waals surface area contributed by atoms with Crippen LogP contribution in [0.4, 0.5) is 0 Å². The molecule has 1 saturated carbocycles. The lowest BCUT2D eigenvalue weighted by Crippen LogP contribution is -2.38. The van der Waals surface area contributed by atoms with Crippen molar-refractivity contribution in [3.05, 3.63) is 29.6 Å². The largest absolute Gasteiger partial charge is 0.271 e. The quantitative estimate of drug-likeness (QED) is 0.635. The second kappa shape index (κ2) is 6.30. The fourth-order valence-electron chi connectivity index (χ4n) is 3.34. The summed E-state index contributed by atoms with van der Waals surface area (Å²) in [6.07, 6.45) is 8.43. The van der Waals surface area contributed by atoms with E-state index in [4.69, 9.17) is 5.84 Å². The third kappa shape index (κ3) is 2.90. The van der Waals surface area contributed by atoms with Gasteiger partial charge in [-0.2, -0.15) is 0 Å². The molecular formula is C15H25N3. The molecule has 2 rings (SSSR count). The lowest BCUT2D eigenvalue weighted by molar-refractivity contribution is 0.173. The number of hydrazine groups is 1. The molecule has 100 valence electrons. The number of pyridine rings is 1. The fraction of sp³-hybridized carbons (Fsp3) is 0.667. The molecule has 3 nitrogen and oxygen atoms in total. The first-order chi connectivity index (χ1) is 8.76. The molecule has 0 aliphatic heterocycles. The third-order valence-corrected chi connectivity index (χ3v) is 4.36. The van der Waals surface area contributed by atoms with Crippen LogP contribution in [-0.2, 0) is 0 Å². The van der Waals surface area contributed by atoms with Gasteiger partial charge in [0.25, 0.3) is 0 Å². The highest BCUT2D eigenvalue weighted by atomic mass is 15.2. The van der Waals surface area contributed by atoms with Crippen LogP contribution in [0.5, 0.6) is 0 Å². The molecule has 0 radical (unpaired) electrons. The smallest absolute Gasteiger partial charge is 0.0663 e. The van der Waals surface area contributed by atoms with Gasteiger partial charge in [-0.1, -0.05) is 32.6 Å². The van der Waals surface area contributed by atoms with Gasteiger partial charge in [0.05, 0.1) is 11.7 Å². The van der Waals surface area contributed by atoms with Crippen molar-refractivity contribution in [3.63, 3.8) is 0 Å². The van der Waals surface area contributed by atoms with E-state index < -0.39 is 0 Å². The van der Waals surface area contributed by atoms with E-state index in [0.29, 0.717) is 5.92 Å². The summed E-state index contributed by atoms with van der Waals surface area (Å²) >= 11 is 0. The molecule has 3 N–H and O–H groups in total. The summed E-state index contributed by atoms with van der Waals surface area (Å²) in [6.45, 7) is 4.40. The van der Waals surface area contributed by atoms with E-state index in [-0.39, 0.29) is 6.04 Å². The van der Waals surface area contributed by atoms with Crippen LogP contribution in [0.3, 0.4) is 0 Å². The number of nitrogens with zero attached hydrogens (tertiary/aromatic N) is 1. The summed E-state index contributed by atoms with van der Waals surface area (Å²) in [7, 11) is 0. The molecule has 3 unspecified atom stereocenters. The molecule has 0 bridgehead atoms. The first kappa shape index (κ1) is 13.5. The average Bonchev–Trinajstić information content (AvgIpc) is 2.40. The van der Waals surface area contributed by atoms with Gasteiger partial charge < -0.3 is 0 Å². The van der Waals surface area contributed by atoms with Crippen molar-refractivity contribution in [1.82, 2.24) is 10.4 Å². The minimum absolute atomic E-state index is 0.204. The summed E-state index contributed by atoms with van der Waals surface area (Å²) in [6, 6.07) is 4.40. The zero-order chi connectivity index (χ0) is 13.0. The maximum absolute atomic E-state index is 5.81. The highest BCUT2D eigenvalue weighted by Gasteiger charge is 2.31. The maximum atomic E-state index is 5.81. The first-order valence-corrected chi connectivity index (χ1v) is 7.15. The van der Waals surface area contributed by atoms with Crippen LogP contribution in [0.25, 0.3) is 0 Å². The van der Waals surface area contributed by atoms with Crippen molar-refractivity contribution < 1.29 is 0 Å². The lowest BCUT2D eigenvalue weighted by Gasteiger charge is -2.36. The van der Waals surface area contributed by atoms with Crippen LogP contribution >= 0.6 is 0 Å². The van der Waals surface area contributed by atoms with Crippen molar-refractivity contribution in [2.24, 2.45) is 17.7 Å². The van der Waals surface area contributed by atoms with E-state index in [1.807, 2.05) is 12.3 Å². The second-order valence-corrected chi connectivity index (χ2v) is 5.52. The van der Waals surface area contributed by atoms with Crippen LogP contribution in [0.2, 0.25) is 0 Å². The predicted octanol–water partition coefficient (Wildman–Crippen LogP) is 3.11. The topological polar surface area (TPSA) is 50.9 Å². The minimum Gasteiger partial charge on any atom is -0.271 e. The fourth-order valence-corrected chi connectivity index (χ4v) is 3.34. The number of aromatic nitrogens is 1. The van der Waals surface area contributed by atoms with Gasteiger partial charge in [-0.05, 0) is 42.9 Å². The summed E-state index contributed by atoms with van der Waals surface area (Å²) in [5.74, 6) is 7.22. The highest BCUT2D eigenvalue weighted by molar-refractivity contribution is 5.18. The van der Waals surface area contributed by atoms with Gasteiger partial charge in [0.15, 0.2) is 0 Å². The van der Waals surface area contributed by atoms with Crippen molar-refractivity contribution in [2.75, 3.05) is 0 Å². The molecular weight excluding hydrogens is 222 g/mol. The SMILES string of the molecule is CCC1CCCCC1C(NN)c1cc(C)ccn1. The molecule has 3 atom stereocenters. The van der Waals surface area contributed by atoms with Crippen molar-refractivity contribution in [2.45, 2.75) is 52.0 Å². The van der Waals surface area contributed by atoms with E-state index in [1.54, 1.807) is 0 Å². The molecule has 1 fully saturated rings. The first-order valence-electron chi connectivity index (χ1n) is 7.15. The second-order valence-electron chi connectivity index (χ2n) is 5.52. The predicted molar refractivity (Wildman–Crippen MR) is 74.8 cm³/mol. The number of rotatable bonds is 4. The molecule has 0 aromatic carbocycles. The minimum atomic E-state index is 0.204. The van der Waals surface area contributed by atoms with Gasteiger partial charge in [0.2, 0.25) is 0 Å². The monoisotopic (exact) mass is 247 g/mol. The highest BCUT2D eigenvalue weighted by Crippen LogP contribution is 2.39. The Bertz CT molecular complexity index is 378. The van der Waals surface area contributed by atoms with Crippen molar-refractivity contribution in [3.8, 4) is 0 Å². The molecule has 1 aromatic heterocycles. The molecule has 1 aliphatic carbocycles. The Kier molecular flexibility index (Phi) is 4.72. The zero-order valence-corrected chi connectivity index (χ0v) is 11.5. The Labute approximate surface area is 110 Å². The standard InChI is InChI=1S/C15H25N3/c1-3-12-6-4-5-7-13(12)15(18-16)14-10-11(2)8-9-17-14/h8-10,12-13,15,18H,3-7,16H2,1-2H3. The van der Waals surface area contributed by atoms with Crippen molar-refractivity contribution in [1.29, 1.82) is 0 Å². The normalized spacial score (nSPS) is 25.9. The van der Waals surface area contributed by atoms with Crippen molar-refractivity contribution >= 4 is 0 Å². The summed E-state index contributed by atoms with van der Waals surface area (Å²) in [4.78, 5) is 4.51. The number of nitrogens with one attached hydrogen (secondary N) is 1. The molecule has 18 heavy (non-hydrogen) atoms. The summed E-state index contributed by atoms with van der Waals surface area (Å²) in [5.41, 5.74) is 5.37. The van der Waals surface area contributed by atoms with E-state index in [0.717, 1.165) is 11.6 Å². The Balaban J connectivity index is 2.21. The molecule has 0 amide bonds. The van der Waals surface area contributed by atoms with E-state index in [9.17, 15) is 0 Å². The van der Waals surface area contributed by atoms with Gasteiger partial charge in [0, 0.05) is 6.20 Å². The number of hydrogen-bond acceptors (Lipinski definition) is 3. The Morgan fingerprint density at radius 2 is 2.22 bits per heavy atom. The van der Waals surface area contributed by atoms with E-state index >= 15 is 0 Å². The third-order valence-electron chi connectivity index (χ3n) is 4.36. The van der Waals surface area contributed by atoms with Crippen LogP contribution in [-0.4, -0.2) is 4.98 Å². The van der Waals surface area contributed by atoms with Crippen LogP contribution in [0.15, 0.2) is 18.3 Å². The number of hydrogen-bond donors (Lipinski definition) is 2. The summed E-state index contributed by atoms with van der Waals surface area (Å²) < 4.78 is 0. The Hall–Kier alpha value is -0.930. The Morgan fingerprint density at radius 3 is 2.89 bits per heavy atom. The van der Waals surface area contributed by atoms with Gasteiger partial charge in [-0.15, -0.1) is 0 Å². The lowest BCUT2D eigenvalue weighted by atomic mass is 9.73.